The monoisotopic (exact) mass is 384 g/mol. The molecule has 1 amide bonds. The molecule has 0 aliphatic carbocycles. The van der Waals surface area contributed by atoms with Crippen LogP contribution in [0, 0.1) is 3.95 Å². The average Bonchev–Trinajstić information content (AvgIpc) is 3.07. The summed E-state index contributed by atoms with van der Waals surface area (Å²) in [6.45, 7) is 4.19. The summed E-state index contributed by atoms with van der Waals surface area (Å²) in [5.74, 6) is -0.00354. The number of nitrogens with one attached hydrogen (secondary N) is 1. The summed E-state index contributed by atoms with van der Waals surface area (Å²) in [5.41, 5.74) is 1.78. The van der Waals surface area contributed by atoms with Crippen LogP contribution in [0.4, 0.5) is 16.5 Å². The smallest absolute Gasteiger partial charge is 0.247 e. The number of rotatable bonds is 6. The normalized spacial score (nSPS) is 10.7. The van der Waals surface area contributed by atoms with Crippen LogP contribution in [0.3, 0.4) is 0 Å². The van der Waals surface area contributed by atoms with E-state index in [0.29, 0.717) is 9.09 Å². The van der Waals surface area contributed by atoms with Gasteiger partial charge >= 0.3 is 0 Å². The first-order valence-corrected chi connectivity index (χ1v) is 9.54. The number of hydrogen-bond acceptors (Lipinski definition) is 5. The molecule has 5 nitrogen and oxygen atoms in total. The number of para-hydroxylation sites is 2. The summed E-state index contributed by atoms with van der Waals surface area (Å²) < 4.78 is 0.581. The van der Waals surface area contributed by atoms with Gasteiger partial charge in [-0.15, -0.1) is 5.10 Å². The molecule has 0 saturated carbocycles. The molecule has 0 radical (unpaired) electrons. The Hall–Kier alpha value is -2.51. The van der Waals surface area contributed by atoms with Crippen LogP contribution in [0.5, 0.6) is 0 Å². The Kier molecular flexibility index (Phi) is 5.80. The number of benzene rings is 2. The number of H-pyrrole nitrogens is 1. The molecule has 7 heteroatoms. The third-order valence-electron chi connectivity index (χ3n) is 3.84. The van der Waals surface area contributed by atoms with Gasteiger partial charge in [0.1, 0.15) is 6.54 Å². The van der Waals surface area contributed by atoms with Crippen LogP contribution in [0.1, 0.15) is 13.8 Å². The summed E-state index contributed by atoms with van der Waals surface area (Å²) in [6, 6.07) is 19.5. The number of anilines is 3. The molecular formula is C19H20N4OS2. The molecule has 0 atom stereocenters. The molecule has 2 aromatic carbocycles. The Morgan fingerprint density at radius 1 is 1.08 bits per heavy atom. The lowest BCUT2D eigenvalue weighted by molar-refractivity contribution is -0.117. The summed E-state index contributed by atoms with van der Waals surface area (Å²) in [6.07, 6.45) is 0. The number of hydrogen-bond donors (Lipinski definition) is 1. The summed E-state index contributed by atoms with van der Waals surface area (Å²) in [5, 5.41) is 7.73. The molecule has 3 aromatic rings. The maximum atomic E-state index is 13.2. The number of amides is 1. The Bertz CT molecular complexity index is 906. The lowest BCUT2D eigenvalue weighted by atomic mass is 10.2. The number of aromatic amines is 1. The van der Waals surface area contributed by atoms with Gasteiger partial charge in [0.25, 0.3) is 0 Å². The third kappa shape index (κ3) is 4.17. The van der Waals surface area contributed by atoms with Gasteiger partial charge < -0.3 is 9.80 Å². The molecule has 0 saturated heterocycles. The van der Waals surface area contributed by atoms with Gasteiger partial charge in [0.05, 0.1) is 0 Å². The fraction of sp³-hybridized carbons (Fsp3) is 0.211. The zero-order valence-electron chi connectivity index (χ0n) is 14.6. The number of nitrogens with zero attached hydrogens (tertiary/aromatic N) is 3. The fourth-order valence-electron chi connectivity index (χ4n) is 2.74. The van der Waals surface area contributed by atoms with Gasteiger partial charge in [-0.2, -0.15) is 0 Å². The largest absolute Gasteiger partial charge is 0.308 e. The summed E-state index contributed by atoms with van der Waals surface area (Å²) >= 11 is 6.52. The van der Waals surface area contributed by atoms with E-state index in [2.05, 4.69) is 10.2 Å². The van der Waals surface area contributed by atoms with Crippen molar-refractivity contribution in [3.05, 3.63) is 64.6 Å². The number of carbonyl (C=O) groups excluding carboxylic acids is 1. The van der Waals surface area contributed by atoms with Crippen LogP contribution in [-0.2, 0) is 4.79 Å². The zero-order chi connectivity index (χ0) is 18.5. The molecule has 3 rings (SSSR count). The summed E-state index contributed by atoms with van der Waals surface area (Å²) in [7, 11) is 0. The van der Waals surface area contributed by atoms with E-state index in [1.165, 1.54) is 11.3 Å². The molecule has 1 heterocycles. The van der Waals surface area contributed by atoms with E-state index >= 15 is 0 Å². The Labute approximate surface area is 161 Å². The Morgan fingerprint density at radius 2 is 1.65 bits per heavy atom. The van der Waals surface area contributed by atoms with Gasteiger partial charge in [0.15, 0.2) is 3.95 Å². The molecular weight excluding hydrogens is 364 g/mol. The quantitative estimate of drug-likeness (QED) is 0.622. The highest BCUT2D eigenvalue weighted by atomic mass is 32.1. The molecule has 0 aliphatic rings. The zero-order valence-corrected chi connectivity index (χ0v) is 16.3. The minimum Gasteiger partial charge on any atom is -0.308 e. The van der Waals surface area contributed by atoms with Crippen LogP contribution in [-0.4, -0.2) is 28.7 Å². The molecule has 0 bridgehead atoms. The number of carbonyl (C=O) groups is 1. The van der Waals surface area contributed by atoms with Crippen LogP contribution in [0.2, 0.25) is 0 Å². The van der Waals surface area contributed by atoms with E-state index in [1.54, 1.807) is 0 Å². The Morgan fingerprint density at radius 3 is 2.15 bits per heavy atom. The van der Waals surface area contributed by atoms with Gasteiger partial charge in [-0.1, -0.05) is 47.7 Å². The van der Waals surface area contributed by atoms with Crippen molar-refractivity contribution >= 4 is 46.0 Å². The van der Waals surface area contributed by atoms with Crippen molar-refractivity contribution in [2.45, 2.75) is 19.9 Å². The van der Waals surface area contributed by atoms with Gasteiger partial charge in [-0.25, -0.2) is 0 Å². The minimum atomic E-state index is -0.00354. The molecule has 0 fully saturated rings. The highest BCUT2D eigenvalue weighted by Gasteiger charge is 2.24. The van der Waals surface area contributed by atoms with Crippen molar-refractivity contribution < 1.29 is 4.79 Å². The topological polar surface area (TPSA) is 52.2 Å². The van der Waals surface area contributed by atoms with E-state index < -0.39 is 0 Å². The highest BCUT2D eigenvalue weighted by Crippen LogP contribution is 2.27. The average molecular weight is 385 g/mol. The first-order chi connectivity index (χ1) is 12.6. The first-order valence-electron chi connectivity index (χ1n) is 8.31. The molecule has 0 unspecified atom stereocenters. The van der Waals surface area contributed by atoms with Crippen LogP contribution >= 0.6 is 23.6 Å². The van der Waals surface area contributed by atoms with Crippen molar-refractivity contribution in [3.63, 3.8) is 0 Å². The van der Waals surface area contributed by atoms with Crippen LogP contribution in [0.15, 0.2) is 60.7 Å². The lowest BCUT2D eigenvalue weighted by Gasteiger charge is -2.30. The van der Waals surface area contributed by atoms with Crippen molar-refractivity contribution in [3.8, 4) is 0 Å². The first kappa shape index (κ1) is 18.3. The van der Waals surface area contributed by atoms with Crippen LogP contribution < -0.4 is 9.80 Å². The summed E-state index contributed by atoms with van der Waals surface area (Å²) in [4.78, 5) is 16.9. The molecule has 134 valence electrons. The van der Waals surface area contributed by atoms with E-state index in [9.17, 15) is 4.79 Å². The SMILES string of the molecule is CC(C)N(C(=O)CN(c1ccccc1)c1n[nH]c(=S)s1)c1ccccc1. The van der Waals surface area contributed by atoms with Crippen molar-refractivity contribution in [1.29, 1.82) is 0 Å². The van der Waals surface area contributed by atoms with Gasteiger partial charge in [-0.05, 0) is 50.3 Å². The lowest BCUT2D eigenvalue weighted by Crippen LogP contribution is -2.43. The molecule has 0 aliphatic heterocycles. The number of aromatic nitrogens is 2. The maximum Gasteiger partial charge on any atom is 0.247 e. The van der Waals surface area contributed by atoms with E-state index in [4.69, 9.17) is 12.2 Å². The van der Waals surface area contributed by atoms with Crippen molar-refractivity contribution in [1.82, 2.24) is 10.2 Å². The molecule has 0 spiro atoms. The highest BCUT2D eigenvalue weighted by molar-refractivity contribution is 7.73. The standard InChI is InChI=1S/C19H20N4OS2/c1-14(2)23(16-11-7-4-8-12-16)17(24)13-22(15-9-5-3-6-10-15)18-20-21-19(25)26-18/h3-12,14H,13H2,1-2H3,(H,21,25). The second kappa shape index (κ2) is 8.25. The molecule has 26 heavy (non-hydrogen) atoms. The van der Waals surface area contributed by atoms with Gasteiger partial charge in [0.2, 0.25) is 11.0 Å². The predicted octanol–water partition coefficient (Wildman–Crippen LogP) is 4.78. The minimum absolute atomic E-state index is 0.00354. The van der Waals surface area contributed by atoms with E-state index in [-0.39, 0.29) is 18.5 Å². The second-order valence-electron chi connectivity index (χ2n) is 6.01. The molecule has 1 aromatic heterocycles. The Balaban J connectivity index is 1.93. The molecule has 1 N–H and O–H groups in total. The van der Waals surface area contributed by atoms with Crippen molar-refractivity contribution in [2.24, 2.45) is 0 Å². The third-order valence-corrected chi connectivity index (χ3v) is 4.95. The predicted molar refractivity (Wildman–Crippen MR) is 110 cm³/mol. The van der Waals surface area contributed by atoms with E-state index in [1.807, 2.05) is 84.3 Å². The van der Waals surface area contributed by atoms with Crippen molar-refractivity contribution in [2.75, 3.05) is 16.3 Å². The maximum absolute atomic E-state index is 13.2. The van der Waals surface area contributed by atoms with Gasteiger partial charge in [-0.3, -0.25) is 9.89 Å². The van der Waals surface area contributed by atoms with E-state index in [0.717, 1.165) is 11.4 Å². The van der Waals surface area contributed by atoms with Gasteiger partial charge in [0, 0.05) is 17.4 Å². The fourth-order valence-corrected chi connectivity index (χ4v) is 3.64. The second-order valence-corrected chi connectivity index (χ2v) is 7.65. The van der Waals surface area contributed by atoms with Crippen LogP contribution in [0.25, 0.3) is 0 Å².